The second-order valence-electron chi connectivity index (χ2n) is 11.7. The minimum Gasteiger partial charge on any atom is -0.508 e. The van der Waals surface area contributed by atoms with Gasteiger partial charge in [-0.3, -0.25) is 0 Å². The van der Waals surface area contributed by atoms with Crippen molar-refractivity contribution < 1.29 is 43.9 Å². The molecular formula is C35H36O9. The first-order valence-corrected chi connectivity index (χ1v) is 13.7. The Kier molecular flexibility index (Phi) is 10.4. The number of aromatic hydroxyl groups is 3. The van der Waals surface area contributed by atoms with Gasteiger partial charge in [-0.25, -0.2) is 14.4 Å². The molecule has 0 fully saturated rings. The summed E-state index contributed by atoms with van der Waals surface area (Å²) in [6.45, 7) is 10.4. The van der Waals surface area contributed by atoms with E-state index in [2.05, 4.69) is 0 Å². The lowest BCUT2D eigenvalue weighted by molar-refractivity contribution is 0.00536. The molecule has 0 aliphatic rings. The third-order valence-corrected chi connectivity index (χ3v) is 5.63. The van der Waals surface area contributed by atoms with E-state index in [0.717, 1.165) is 17.2 Å². The predicted octanol–water partition coefficient (Wildman–Crippen LogP) is 7.29. The van der Waals surface area contributed by atoms with Crippen molar-refractivity contribution in [3.8, 4) is 34.1 Å². The molecule has 0 amide bonds. The first kappa shape index (κ1) is 33.2. The number of benzene rings is 4. The lowest BCUT2D eigenvalue weighted by Crippen LogP contribution is -2.23. The molecule has 3 N–H and O–H groups in total. The molecule has 9 nitrogen and oxygen atoms in total. The number of esters is 3. The first-order chi connectivity index (χ1) is 20.5. The largest absolute Gasteiger partial charge is 0.508 e. The first-order valence-electron chi connectivity index (χ1n) is 13.7. The highest BCUT2D eigenvalue weighted by Gasteiger charge is 2.22. The van der Waals surface area contributed by atoms with E-state index in [1.165, 1.54) is 30.3 Å². The van der Waals surface area contributed by atoms with Crippen molar-refractivity contribution in [1.82, 2.24) is 0 Å². The molecule has 0 aromatic heterocycles. The van der Waals surface area contributed by atoms with Crippen LogP contribution in [0.15, 0.2) is 91.0 Å². The SMILES string of the molecule is CC(C)(C)OC(=O)c1ccc(O)cc1O.CC(C)(C)OC(=O)c1ccc(OC(=O)c2ccc(-c3ccccc3)cc2)cc1O. The van der Waals surface area contributed by atoms with Crippen LogP contribution in [-0.2, 0) is 9.47 Å². The van der Waals surface area contributed by atoms with Crippen LogP contribution in [0.25, 0.3) is 11.1 Å². The Balaban J connectivity index is 0.000000297. The van der Waals surface area contributed by atoms with E-state index in [4.69, 9.17) is 19.3 Å². The summed E-state index contributed by atoms with van der Waals surface area (Å²) in [6.07, 6.45) is 0. The molecule has 9 heteroatoms. The van der Waals surface area contributed by atoms with Crippen molar-refractivity contribution in [3.63, 3.8) is 0 Å². The van der Waals surface area contributed by atoms with Gasteiger partial charge in [-0.15, -0.1) is 0 Å². The molecule has 0 aliphatic carbocycles. The van der Waals surface area contributed by atoms with Crippen molar-refractivity contribution in [2.45, 2.75) is 52.7 Å². The van der Waals surface area contributed by atoms with Gasteiger partial charge in [-0.1, -0.05) is 42.5 Å². The Morgan fingerprint density at radius 2 is 1.02 bits per heavy atom. The highest BCUT2D eigenvalue weighted by molar-refractivity contribution is 5.94. The molecule has 4 rings (SSSR count). The van der Waals surface area contributed by atoms with Gasteiger partial charge in [0, 0.05) is 12.1 Å². The fraction of sp³-hybridized carbons (Fsp3) is 0.229. The Hall–Kier alpha value is -5.31. The van der Waals surface area contributed by atoms with Gasteiger partial charge >= 0.3 is 17.9 Å². The fourth-order valence-corrected chi connectivity index (χ4v) is 3.70. The van der Waals surface area contributed by atoms with Crippen LogP contribution in [-0.4, -0.2) is 44.4 Å². The molecule has 4 aromatic rings. The molecule has 0 bridgehead atoms. The van der Waals surface area contributed by atoms with Crippen molar-refractivity contribution in [3.05, 3.63) is 108 Å². The van der Waals surface area contributed by atoms with E-state index in [1.807, 2.05) is 42.5 Å². The average Bonchev–Trinajstić information content (AvgIpc) is 2.92. The standard InChI is InChI=1S/C24H22O5.C11H14O4/c1-24(2,3)29-23(27)20-14-13-19(15-21(20)25)28-22(26)18-11-9-17(10-12-18)16-7-5-4-6-8-16;1-11(2,3)15-10(14)8-5-4-7(12)6-9(8)13/h4-15,25H,1-3H3;4-6,12-13H,1-3H3. The minimum atomic E-state index is -0.680. The number of carbonyl (C=O) groups is 3. The lowest BCUT2D eigenvalue weighted by Gasteiger charge is -2.19. The van der Waals surface area contributed by atoms with Crippen molar-refractivity contribution in [2.75, 3.05) is 0 Å². The van der Waals surface area contributed by atoms with Gasteiger partial charge in [-0.2, -0.15) is 0 Å². The summed E-state index contributed by atoms with van der Waals surface area (Å²) in [7, 11) is 0. The van der Waals surface area contributed by atoms with Crippen LogP contribution in [0.5, 0.6) is 23.0 Å². The number of hydrogen-bond donors (Lipinski definition) is 3. The number of phenols is 3. The zero-order valence-electron chi connectivity index (χ0n) is 25.5. The van der Waals surface area contributed by atoms with Gasteiger partial charge in [0.05, 0.1) is 5.56 Å². The maximum absolute atomic E-state index is 12.4. The van der Waals surface area contributed by atoms with Crippen LogP contribution in [0.3, 0.4) is 0 Å². The van der Waals surface area contributed by atoms with E-state index >= 15 is 0 Å². The van der Waals surface area contributed by atoms with Gasteiger partial charge in [0.1, 0.15) is 45.3 Å². The van der Waals surface area contributed by atoms with Gasteiger partial charge in [0.25, 0.3) is 0 Å². The summed E-state index contributed by atoms with van der Waals surface area (Å²) in [6, 6.07) is 24.6. The van der Waals surface area contributed by atoms with Gasteiger partial charge in [-0.05, 0) is 89.1 Å². The van der Waals surface area contributed by atoms with Crippen LogP contribution in [0.2, 0.25) is 0 Å². The van der Waals surface area contributed by atoms with E-state index in [1.54, 1.807) is 53.7 Å². The predicted molar refractivity (Wildman–Crippen MR) is 165 cm³/mol. The molecule has 0 spiro atoms. The topological polar surface area (TPSA) is 140 Å². The number of rotatable bonds is 5. The van der Waals surface area contributed by atoms with Gasteiger partial charge in [0.2, 0.25) is 0 Å². The zero-order chi connectivity index (χ0) is 32.7. The number of carbonyl (C=O) groups excluding carboxylic acids is 3. The quantitative estimate of drug-likeness (QED) is 0.159. The molecular weight excluding hydrogens is 564 g/mol. The van der Waals surface area contributed by atoms with Crippen LogP contribution in [0.4, 0.5) is 0 Å². The van der Waals surface area contributed by atoms with Crippen LogP contribution in [0, 0.1) is 0 Å². The average molecular weight is 601 g/mol. The summed E-state index contributed by atoms with van der Waals surface area (Å²) < 4.78 is 15.6. The number of phenolic OH excluding ortho intramolecular Hbond substituents is 3. The summed E-state index contributed by atoms with van der Waals surface area (Å²) in [5.41, 5.74) is 1.17. The molecule has 0 unspecified atom stereocenters. The minimum absolute atomic E-state index is 0.00642. The van der Waals surface area contributed by atoms with Crippen molar-refractivity contribution in [2.24, 2.45) is 0 Å². The van der Waals surface area contributed by atoms with Crippen molar-refractivity contribution >= 4 is 17.9 Å². The van der Waals surface area contributed by atoms with Crippen LogP contribution >= 0.6 is 0 Å². The molecule has 0 atom stereocenters. The molecule has 0 saturated carbocycles. The maximum Gasteiger partial charge on any atom is 0.343 e. The molecule has 0 aliphatic heterocycles. The summed E-state index contributed by atoms with van der Waals surface area (Å²) >= 11 is 0. The van der Waals surface area contributed by atoms with Crippen LogP contribution in [0.1, 0.15) is 72.6 Å². The summed E-state index contributed by atoms with van der Waals surface area (Å²) in [4.78, 5) is 36.0. The van der Waals surface area contributed by atoms with E-state index in [-0.39, 0.29) is 34.1 Å². The van der Waals surface area contributed by atoms with Gasteiger partial charge in [0.15, 0.2) is 0 Å². The number of hydrogen-bond acceptors (Lipinski definition) is 9. The van der Waals surface area contributed by atoms with Crippen LogP contribution < -0.4 is 4.74 Å². The Labute approximate surface area is 256 Å². The second-order valence-corrected chi connectivity index (χ2v) is 11.7. The summed E-state index contributed by atoms with van der Waals surface area (Å²) in [5.74, 6) is -2.39. The molecule has 0 radical (unpaired) electrons. The van der Waals surface area contributed by atoms with Gasteiger partial charge < -0.3 is 29.5 Å². The molecule has 230 valence electrons. The highest BCUT2D eigenvalue weighted by Crippen LogP contribution is 2.27. The van der Waals surface area contributed by atoms with E-state index in [0.29, 0.717) is 5.56 Å². The molecule has 0 heterocycles. The normalized spacial score (nSPS) is 11.0. The third kappa shape index (κ3) is 9.90. The van der Waals surface area contributed by atoms with E-state index < -0.39 is 29.1 Å². The Morgan fingerprint density at radius 1 is 0.545 bits per heavy atom. The summed E-state index contributed by atoms with van der Waals surface area (Å²) in [5, 5.41) is 28.5. The monoisotopic (exact) mass is 600 g/mol. The Morgan fingerprint density at radius 3 is 1.50 bits per heavy atom. The highest BCUT2D eigenvalue weighted by atomic mass is 16.6. The van der Waals surface area contributed by atoms with Crippen molar-refractivity contribution in [1.29, 1.82) is 0 Å². The van der Waals surface area contributed by atoms with E-state index in [9.17, 15) is 24.6 Å². The zero-order valence-corrected chi connectivity index (χ0v) is 25.5. The molecule has 0 saturated heterocycles. The lowest BCUT2D eigenvalue weighted by atomic mass is 10.0. The smallest absolute Gasteiger partial charge is 0.343 e. The fourth-order valence-electron chi connectivity index (χ4n) is 3.70. The molecule has 44 heavy (non-hydrogen) atoms. The maximum atomic E-state index is 12.4. The number of ether oxygens (including phenoxy) is 3. The third-order valence-electron chi connectivity index (χ3n) is 5.63. The molecule has 4 aromatic carbocycles. The second kappa shape index (κ2) is 13.8. The Bertz CT molecular complexity index is 1610.